The third-order valence-corrected chi connectivity index (χ3v) is 2.92. The van der Waals surface area contributed by atoms with Crippen LogP contribution in [-0.4, -0.2) is 50.5 Å². The molecule has 2 N–H and O–H groups in total. The summed E-state index contributed by atoms with van der Waals surface area (Å²) in [4.78, 5) is 28.9. The van der Waals surface area contributed by atoms with E-state index >= 15 is 0 Å². The van der Waals surface area contributed by atoms with Crippen molar-refractivity contribution in [2.24, 2.45) is 0 Å². The van der Waals surface area contributed by atoms with Crippen molar-refractivity contribution in [2.45, 2.75) is 38.8 Å². The maximum atomic E-state index is 12.0. The molecule has 2 rings (SSSR count). The average Bonchev–Trinajstić information content (AvgIpc) is 2.88. The molecule has 0 aromatic carbocycles. The molecule has 0 bridgehead atoms. The van der Waals surface area contributed by atoms with Gasteiger partial charge in [-0.05, 0) is 13.8 Å². The number of hydrogen-bond donors (Lipinski definition) is 2. The number of carbonyl (C=O) groups is 2. The van der Waals surface area contributed by atoms with Crippen LogP contribution in [0.25, 0.3) is 0 Å². The van der Waals surface area contributed by atoms with E-state index in [1.807, 2.05) is 13.8 Å². The molecule has 1 aliphatic heterocycles. The van der Waals surface area contributed by atoms with Crippen molar-refractivity contribution in [2.75, 3.05) is 6.54 Å². The molecular weight excluding hydrogens is 234 g/mol. The second kappa shape index (κ2) is 5.26. The smallest absolute Gasteiger partial charge is 0.247 e. The number of carbonyl (C=O) groups excluding carboxylic acids is 2. The highest BCUT2D eigenvalue weighted by Crippen LogP contribution is 2.15. The van der Waals surface area contributed by atoms with Gasteiger partial charge in [-0.2, -0.15) is 5.10 Å². The minimum Gasteiger partial charge on any atom is -0.305 e. The number of nitrogens with one attached hydrogen (secondary N) is 2. The summed E-state index contributed by atoms with van der Waals surface area (Å²) >= 11 is 0. The Morgan fingerprint density at radius 3 is 2.89 bits per heavy atom. The number of imide groups is 1. The standard InChI is InChI=1S/C11H17N5O2/c1-7(2)16-10(17)5-8(11(16)18)12-4-3-9-13-6-14-15-9/h6-8,12H,3-5H2,1-2H3,(H,13,14,15). The van der Waals surface area contributed by atoms with Gasteiger partial charge in [0.2, 0.25) is 11.8 Å². The van der Waals surface area contributed by atoms with E-state index in [-0.39, 0.29) is 24.3 Å². The molecule has 7 heteroatoms. The number of H-pyrrole nitrogens is 1. The van der Waals surface area contributed by atoms with Gasteiger partial charge in [0.1, 0.15) is 12.2 Å². The maximum absolute atomic E-state index is 12.0. The van der Waals surface area contributed by atoms with Crippen LogP contribution >= 0.6 is 0 Å². The van der Waals surface area contributed by atoms with Crippen molar-refractivity contribution in [1.82, 2.24) is 25.4 Å². The fraction of sp³-hybridized carbons (Fsp3) is 0.636. The Labute approximate surface area is 105 Å². The SMILES string of the molecule is CC(C)N1C(=O)CC(NCCc2ncn[nH]2)C1=O. The molecule has 0 aliphatic carbocycles. The van der Waals surface area contributed by atoms with E-state index in [9.17, 15) is 9.59 Å². The van der Waals surface area contributed by atoms with Crippen LogP contribution in [0, 0.1) is 0 Å². The lowest BCUT2D eigenvalue weighted by Gasteiger charge is -2.19. The minimum atomic E-state index is -0.400. The number of hydrogen-bond acceptors (Lipinski definition) is 5. The summed E-state index contributed by atoms with van der Waals surface area (Å²) in [6.45, 7) is 4.27. The summed E-state index contributed by atoms with van der Waals surface area (Å²) in [5.74, 6) is 0.528. The molecule has 2 amide bonds. The van der Waals surface area contributed by atoms with E-state index in [1.165, 1.54) is 11.2 Å². The lowest BCUT2D eigenvalue weighted by molar-refractivity contribution is -0.140. The zero-order valence-electron chi connectivity index (χ0n) is 10.5. The summed E-state index contributed by atoms with van der Waals surface area (Å²) in [6, 6.07) is -0.478. The molecule has 1 atom stereocenters. The van der Waals surface area contributed by atoms with Crippen LogP contribution in [0.5, 0.6) is 0 Å². The van der Waals surface area contributed by atoms with Crippen LogP contribution in [-0.2, 0) is 16.0 Å². The molecule has 1 saturated heterocycles. The summed E-state index contributed by atoms with van der Waals surface area (Å²) in [5.41, 5.74) is 0. The molecule has 0 radical (unpaired) electrons. The van der Waals surface area contributed by atoms with Crippen molar-refractivity contribution >= 4 is 11.8 Å². The largest absolute Gasteiger partial charge is 0.305 e. The fourth-order valence-corrected chi connectivity index (χ4v) is 2.07. The van der Waals surface area contributed by atoms with Crippen LogP contribution in [0.1, 0.15) is 26.1 Å². The molecular formula is C11H17N5O2. The molecule has 2 heterocycles. The molecule has 1 aromatic heterocycles. The highest BCUT2D eigenvalue weighted by molar-refractivity contribution is 6.05. The van der Waals surface area contributed by atoms with E-state index in [4.69, 9.17) is 0 Å². The van der Waals surface area contributed by atoms with Crippen LogP contribution in [0.2, 0.25) is 0 Å². The minimum absolute atomic E-state index is 0.0777. The molecule has 1 aromatic rings. The number of aromatic nitrogens is 3. The molecule has 7 nitrogen and oxygen atoms in total. The number of aromatic amines is 1. The number of nitrogens with zero attached hydrogens (tertiary/aromatic N) is 3. The Morgan fingerprint density at radius 2 is 2.33 bits per heavy atom. The fourth-order valence-electron chi connectivity index (χ4n) is 2.07. The number of likely N-dealkylation sites (tertiary alicyclic amines) is 1. The summed E-state index contributed by atoms with van der Waals surface area (Å²) in [7, 11) is 0. The van der Waals surface area contributed by atoms with Gasteiger partial charge >= 0.3 is 0 Å². The van der Waals surface area contributed by atoms with Gasteiger partial charge in [-0.3, -0.25) is 19.6 Å². The molecule has 0 spiro atoms. The van der Waals surface area contributed by atoms with Crippen molar-refractivity contribution in [1.29, 1.82) is 0 Å². The van der Waals surface area contributed by atoms with Crippen molar-refractivity contribution in [3.8, 4) is 0 Å². The van der Waals surface area contributed by atoms with Crippen LogP contribution in [0.3, 0.4) is 0 Å². The van der Waals surface area contributed by atoms with Crippen LogP contribution in [0.15, 0.2) is 6.33 Å². The zero-order valence-corrected chi connectivity index (χ0v) is 10.5. The van der Waals surface area contributed by atoms with Gasteiger partial charge in [0.05, 0.1) is 12.5 Å². The third kappa shape index (κ3) is 2.56. The highest BCUT2D eigenvalue weighted by atomic mass is 16.2. The second-order valence-corrected chi connectivity index (χ2v) is 4.59. The van der Waals surface area contributed by atoms with Crippen molar-refractivity contribution < 1.29 is 9.59 Å². The van der Waals surface area contributed by atoms with Gasteiger partial charge in [-0.1, -0.05) is 0 Å². The molecule has 98 valence electrons. The van der Waals surface area contributed by atoms with Gasteiger partial charge in [0.15, 0.2) is 0 Å². The molecule has 1 fully saturated rings. The van der Waals surface area contributed by atoms with Crippen LogP contribution in [0.4, 0.5) is 0 Å². The molecule has 18 heavy (non-hydrogen) atoms. The monoisotopic (exact) mass is 251 g/mol. The first-order chi connectivity index (χ1) is 8.59. The average molecular weight is 251 g/mol. The van der Waals surface area contributed by atoms with Gasteiger partial charge in [0.25, 0.3) is 0 Å². The van der Waals surface area contributed by atoms with Crippen molar-refractivity contribution in [3.05, 3.63) is 12.2 Å². The first-order valence-corrected chi connectivity index (χ1v) is 6.03. The van der Waals surface area contributed by atoms with E-state index in [1.54, 1.807) is 0 Å². The summed E-state index contributed by atoms with van der Waals surface area (Å²) < 4.78 is 0. The first-order valence-electron chi connectivity index (χ1n) is 6.03. The van der Waals surface area contributed by atoms with E-state index < -0.39 is 6.04 Å². The Balaban J connectivity index is 1.84. The topological polar surface area (TPSA) is 91.0 Å². The lowest BCUT2D eigenvalue weighted by Crippen LogP contribution is -2.42. The predicted molar refractivity (Wildman–Crippen MR) is 63.5 cm³/mol. The number of amides is 2. The summed E-state index contributed by atoms with van der Waals surface area (Å²) in [5, 5.41) is 9.57. The van der Waals surface area contributed by atoms with Gasteiger partial charge in [0, 0.05) is 19.0 Å². The van der Waals surface area contributed by atoms with Crippen LogP contribution < -0.4 is 5.32 Å². The van der Waals surface area contributed by atoms with Crippen molar-refractivity contribution in [3.63, 3.8) is 0 Å². The summed E-state index contributed by atoms with van der Waals surface area (Å²) in [6.07, 6.45) is 2.34. The predicted octanol–water partition coefficient (Wildman–Crippen LogP) is -0.527. The highest BCUT2D eigenvalue weighted by Gasteiger charge is 2.39. The Hall–Kier alpha value is -1.76. The van der Waals surface area contributed by atoms with Gasteiger partial charge in [-0.15, -0.1) is 0 Å². The van der Waals surface area contributed by atoms with E-state index in [2.05, 4.69) is 20.5 Å². The Bertz CT molecular complexity index is 429. The molecule has 0 saturated carbocycles. The van der Waals surface area contributed by atoms with Gasteiger partial charge < -0.3 is 5.32 Å². The van der Waals surface area contributed by atoms with E-state index in [0.717, 1.165) is 5.82 Å². The second-order valence-electron chi connectivity index (χ2n) is 4.59. The molecule has 1 aliphatic rings. The van der Waals surface area contributed by atoms with E-state index in [0.29, 0.717) is 13.0 Å². The normalized spacial score (nSPS) is 20.2. The number of rotatable bonds is 5. The quantitative estimate of drug-likeness (QED) is 0.687. The first kappa shape index (κ1) is 12.7. The zero-order chi connectivity index (χ0) is 13.1. The Kier molecular flexibility index (Phi) is 3.71. The third-order valence-electron chi connectivity index (χ3n) is 2.92. The lowest BCUT2D eigenvalue weighted by atomic mass is 10.2. The maximum Gasteiger partial charge on any atom is 0.247 e. The Morgan fingerprint density at radius 1 is 1.56 bits per heavy atom. The molecule has 1 unspecified atom stereocenters. The van der Waals surface area contributed by atoms with Gasteiger partial charge in [-0.25, -0.2) is 4.98 Å².